The maximum Gasteiger partial charge on any atom is 0.358 e. The van der Waals surface area contributed by atoms with E-state index in [1.807, 2.05) is 0 Å². The lowest BCUT2D eigenvalue weighted by Gasteiger charge is -2.25. The first kappa shape index (κ1) is 21.5. The highest BCUT2D eigenvalue weighted by Crippen LogP contribution is 2.24. The standard InChI is InChI=1S/C20H28N6O4/c1-5-30-17(28)14-9-12(25-26-14)7-6-11-8-13-15(21-10-11)22-19(23-16(13)27)24-18(29)20(2,3)4/h9,11H,5-8,10H2,1-4H3,(H,25,26)(H3,21,22,23,24,27,29). The second kappa shape index (κ2) is 8.68. The van der Waals surface area contributed by atoms with Gasteiger partial charge in [-0.25, -0.2) is 4.79 Å². The zero-order valence-electron chi connectivity index (χ0n) is 17.7. The summed E-state index contributed by atoms with van der Waals surface area (Å²) in [4.78, 5) is 43.4. The minimum absolute atomic E-state index is 0.147. The van der Waals surface area contributed by atoms with Gasteiger partial charge in [0, 0.05) is 17.7 Å². The van der Waals surface area contributed by atoms with E-state index in [9.17, 15) is 14.4 Å². The van der Waals surface area contributed by atoms with Crippen molar-refractivity contribution in [1.82, 2.24) is 20.2 Å². The molecule has 30 heavy (non-hydrogen) atoms. The van der Waals surface area contributed by atoms with Crippen LogP contribution in [0.5, 0.6) is 0 Å². The van der Waals surface area contributed by atoms with Crippen molar-refractivity contribution >= 4 is 23.6 Å². The van der Waals surface area contributed by atoms with Crippen molar-refractivity contribution in [3.63, 3.8) is 0 Å². The number of amides is 1. The van der Waals surface area contributed by atoms with Crippen LogP contribution in [-0.4, -0.2) is 45.2 Å². The van der Waals surface area contributed by atoms with Crippen LogP contribution in [0.4, 0.5) is 11.8 Å². The third-order valence-corrected chi connectivity index (χ3v) is 4.92. The number of carbonyl (C=O) groups is 2. The number of nitrogens with zero attached hydrogens (tertiary/aromatic N) is 2. The van der Waals surface area contributed by atoms with Crippen molar-refractivity contribution in [3.05, 3.63) is 33.4 Å². The topological polar surface area (TPSA) is 142 Å². The summed E-state index contributed by atoms with van der Waals surface area (Å²) in [7, 11) is 0. The molecule has 2 aromatic rings. The molecule has 0 aliphatic carbocycles. The lowest BCUT2D eigenvalue weighted by atomic mass is 9.92. The summed E-state index contributed by atoms with van der Waals surface area (Å²) in [6.45, 7) is 8.08. The molecular formula is C20H28N6O4. The molecule has 0 spiro atoms. The predicted molar refractivity (Wildman–Crippen MR) is 111 cm³/mol. The van der Waals surface area contributed by atoms with Gasteiger partial charge in [0.15, 0.2) is 5.69 Å². The van der Waals surface area contributed by atoms with Crippen molar-refractivity contribution in [2.75, 3.05) is 23.8 Å². The molecule has 0 aromatic carbocycles. The number of H-pyrrole nitrogens is 2. The number of aromatic nitrogens is 4. The largest absolute Gasteiger partial charge is 0.461 e. The molecule has 1 unspecified atom stereocenters. The number of esters is 1. The van der Waals surface area contributed by atoms with Gasteiger partial charge in [-0.05, 0) is 38.2 Å². The summed E-state index contributed by atoms with van der Waals surface area (Å²) in [5.41, 5.74) is 0.845. The van der Waals surface area contributed by atoms with Crippen LogP contribution >= 0.6 is 0 Å². The van der Waals surface area contributed by atoms with Gasteiger partial charge >= 0.3 is 5.97 Å². The normalized spacial score (nSPS) is 15.8. The summed E-state index contributed by atoms with van der Waals surface area (Å²) >= 11 is 0. The van der Waals surface area contributed by atoms with Crippen LogP contribution < -0.4 is 16.2 Å². The Balaban J connectivity index is 1.61. The van der Waals surface area contributed by atoms with Gasteiger partial charge in [-0.2, -0.15) is 10.1 Å². The lowest BCUT2D eigenvalue weighted by Crippen LogP contribution is -2.33. The van der Waals surface area contributed by atoms with Crippen molar-refractivity contribution in [1.29, 1.82) is 0 Å². The number of hydrogen-bond acceptors (Lipinski definition) is 7. The van der Waals surface area contributed by atoms with E-state index in [0.29, 0.717) is 37.4 Å². The molecule has 3 rings (SSSR count). The summed E-state index contributed by atoms with van der Waals surface area (Å²) in [6, 6.07) is 1.70. The summed E-state index contributed by atoms with van der Waals surface area (Å²) in [5, 5.41) is 12.7. The van der Waals surface area contributed by atoms with Crippen LogP contribution in [0.2, 0.25) is 0 Å². The minimum Gasteiger partial charge on any atom is -0.461 e. The average Bonchev–Trinajstić information content (AvgIpc) is 3.15. The van der Waals surface area contributed by atoms with Gasteiger partial charge in [-0.3, -0.25) is 25.0 Å². The van der Waals surface area contributed by atoms with Crippen LogP contribution in [0, 0.1) is 11.3 Å². The van der Waals surface area contributed by atoms with E-state index in [4.69, 9.17) is 4.74 Å². The average molecular weight is 416 g/mol. The first-order valence-electron chi connectivity index (χ1n) is 10.1. The Morgan fingerprint density at radius 1 is 1.33 bits per heavy atom. The number of rotatable bonds is 6. The second-order valence-corrected chi connectivity index (χ2v) is 8.43. The number of nitrogens with one attached hydrogen (secondary N) is 4. The molecule has 0 radical (unpaired) electrons. The first-order chi connectivity index (χ1) is 14.2. The van der Waals surface area contributed by atoms with E-state index in [1.165, 1.54) is 0 Å². The fraction of sp³-hybridized carbons (Fsp3) is 0.550. The first-order valence-corrected chi connectivity index (χ1v) is 10.1. The van der Waals surface area contributed by atoms with Crippen LogP contribution in [-0.2, 0) is 22.4 Å². The third kappa shape index (κ3) is 5.05. The van der Waals surface area contributed by atoms with Gasteiger partial charge < -0.3 is 10.1 Å². The summed E-state index contributed by atoms with van der Waals surface area (Å²) in [6.07, 6.45) is 2.08. The molecule has 3 heterocycles. The SMILES string of the molecule is CCOC(=O)c1cc(CCC2CNc3nc(NC(=O)C(C)(C)C)[nH]c(=O)c3C2)[nH]n1. The van der Waals surface area contributed by atoms with Gasteiger partial charge in [0.2, 0.25) is 11.9 Å². The van der Waals surface area contributed by atoms with E-state index >= 15 is 0 Å². The number of ether oxygens (including phenoxy) is 1. The van der Waals surface area contributed by atoms with Crippen LogP contribution in [0.1, 0.15) is 55.9 Å². The number of anilines is 2. The molecule has 10 heteroatoms. The third-order valence-electron chi connectivity index (χ3n) is 4.92. The quantitative estimate of drug-likeness (QED) is 0.527. The Morgan fingerprint density at radius 2 is 2.10 bits per heavy atom. The number of fused-ring (bicyclic) bond motifs is 1. The maximum absolute atomic E-state index is 12.5. The predicted octanol–water partition coefficient (Wildman–Crippen LogP) is 1.87. The van der Waals surface area contributed by atoms with Crippen molar-refractivity contribution in [2.24, 2.45) is 11.3 Å². The van der Waals surface area contributed by atoms with E-state index in [1.54, 1.807) is 33.8 Å². The van der Waals surface area contributed by atoms with Gasteiger partial charge in [0.1, 0.15) is 5.82 Å². The van der Waals surface area contributed by atoms with Gasteiger partial charge in [-0.1, -0.05) is 20.8 Å². The molecule has 1 atom stereocenters. The zero-order chi connectivity index (χ0) is 21.9. The number of aryl methyl sites for hydroxylation is 1. The van der Waals surface area contributed by atoms with Crippen molar-refractivity contribution < 1.29 is 14.3 Å². The molecule has 1 aliphatic rings. The van der Waals surface area contributed by atoms with E-state index in [2.05, 4.69) is 30.8 Å². The Bertz CT molecular complexity index is 988. The number of hydrogen-bond donors (Lipinski definition) is 4. The highest BCUT2D eigenvalue weighted by atomic mass is 16.5. The highest BCUT2D eigenvalue weighted by Gasteiger charge is 2.25. The molecule has 1 amide bonds. The molecule has 162 valence electrons. The van der Waals surface area contributed by atoms with Gasteiger partial charge in [-0.15, -0.1) is 0 Å². The Labute approximate surface area is 174 Å². The highest BCUT2D eigenvalue weighted by molar-refractivity contribution is 5.93. The Kier molecular flexibility index (Phi) is 6.23. The molecule has 1 aliphatic heterocycles. The number of carbonyl (C=O) groups excluding carboxylic acids is 2. The van der Waals surface area contributed by atoms with E-state index < -0.39 is 11.4 Å². The molecule has 0 fully saturated rings. The van der Waals surface area contributed by atoms with Gasteiger partial charge in [0.25, 0.3) is 5.56 Å². The molecular weight excluding hydrogens is 388 g/mol. The van der Waals surface area contributed by atoms with Crippen LogP contribution in [0.15, 0.2) is 10.9 Å². The maximum atomic E-state index is 12.5. The minimum atomic E-state index is -0.590. The molecule has 4 N–H and O–H groups in total. The Morgan fingerprint density at radius 3 is 2.80 bits per heavy atom. The second-order valence-electron chi connectivity index (χ2n) is 8.43. The van der Waals surface area contributed by atoms with E-state index in [-0.39, 0.29) is 29.0 Å². The summed E-state index contributed by atoms with van der Waals surface area (Å²) in [5.74, 6) is 0.213. The van der Waals surface area contributed by atoms with Gasteiger partial charge in [0.05, 0.1) is 12.2 Å². The molecule has 0 bridgehead atoms. The Hall–Kier alpha value is -3.17. The smallest absolute Gasteiger partial charge is 0.358 e. The van der Waals surface area contributed by atoms with E-state index in [0.717, 1.165) is 12.1 Å². The van der Waals surface area contributed by atoms with Crippen LogP contribution in [0.25, 0.3) is 0 Å². The fourth-order valence-electron chi connectivity index (χ4n) is 3.15. The molecule has 0 saturated carbocycles. The molecule has 10 nitrogen and oxygen atoms in total. The molecule has 2 aromatic heterocycles. The number of aromatic amines is 2. The molecule has 0 saturated heterocycles. The summed E-state index contributed by atoms with van der Waals surface area (Å²) < 4.78 is 4.94. The fourth-order valence-corrected chi connectivity index (χ4v) is 3.15. The van der Waals surface area contributed by atoms with Crippen molar-refractivity contribution in [3.8, 4) is 0 Å². The van der Waals surface area contributed by atoms with Crippen molar-refractivity contribution in [2.45, 2.75) is 47.0 Å². The monoisotopic (exact) mass is 416 g/mol. The zero-order valence-corrected chi connectivity index (χ0v) is 17.7. The lowest BCUT2D eigenvalue weighted by molar-refractivity contribution is -0.123. The van der Waals surface area contributed by atoms with Crippen LogP contribution in [0.3, 0.4) is 0 Å².